The van der Waals surface area contributed by atoms with Gasteiger partial charge in [-0.3, -0.25) is 0 Å². The fraction of sp³-hybridized carbons (Fsp3) is 0.429. The largest absolute Gasteiger partial charge is 0.444 e. The summed E-state index contributed by atoms with van der Waals surface area (Å²) in [6.45, 7) is 4.69. The Bertz CT molecular complexity index is 722. The van der Waals surface area contributed by atoms with Gasteiger partial charge in [0.05, 0.1) is 0 Å². The van der Waals surface area contributed by atoms with Gasteiger partial charge in [-0.25, -0.2) is 9.78 Å². The highest BCUT2D eigenvalue weighted by atomic mass is 35.5. The van der Waals surface area contributed by atoms with Crippen molar-refractivity contribution in [3.05, 3.63) is 29.0 Å². The van der Waals surface area contributed by atoms with E-state index in [0.717, 1.165) is 6.20 Å². The molecule has 0 bridgehead atoms. The van der Waals surface area contributed by atoms with E-state index in [1.54, 1.807) is 20.8 Å². The molecule has 0 fully saturated rings. The standard InChI is InChI=1S/C14H15ClF3N3O2/c1-13(2,3)23-12(22)21-10(14(16,17)18)8-6-19-11-7(8)4-5-9(15)20-11/h4-6,10H,1-3H3,(H,19,20)(H,21,22)/t10-/m0/s1. The maximum atomic E-state index is 13.4. The number of alkyl carbamates (subject to hydrolysis) is 1. The Hall–Kier alpha value is -1.96. The number of halogens is 4. The van der Waals surface area contributed by atoms with Gasteiger partial charge in [-0.05, 0) is 32.9 Å². The number of fused-ring (bicyclic) bond motifs is 1. The van der Waals surface area contributed by atoms with Gasteiger partial charge in [0.1, 0.15) is 16.4 Å². The first-order valence-corrected chi connectivity index (χ1v) is 7.05. The number of rotatable bonds is 2. The molecular weight excluding hydrogens is 335 g/mol. The van der Waals surface area contributed by atoms with Crippen molar-refractivity contribution in [2.45, 2.75) is 38.6 Å². The molecule has 0 aromatic carbocycles. The van der Waals surface area contributed by atoms with Crippen molar-refractivity contribution in [2.75, 3.05) is 0 Å². The summed E-state index contributed by atoms with van der Waals surface area (Å²) in [5.74, 6) is 0. The first kappa shape index (κ1) is 17.4. The van der Waals surface area contributed by atoms with E-state index in [2.05, 4.69) is 9.97 Å². The van der Waals surface area contributed by atoms with Gasteiger partial charge in [-0.15, -0.1) is 0 Å². The highest BCUT2D eigenvalue weighted by molar-refractivity contribution is 6.29. The van der Waals surface area contributed by atoms with E-state index in [-0.39, 0.29) is 21.7 Å². The minimum absolute atomic E-state index is 0.148. The summed E-state index contributed by atoms with van der Waals surface area (Å²) in [6.07, 6.45) is -4.72. The molecule has 2 aromatic rings. The second-order valence-corrected chi connectivity index (χ2v) is 6.28. The van der Waals surface area contributed by atoms with E-state index in [0.29, 0.717) is 0 Å². The third-order valence-electron chi connectivity index (χ3n) is 2.84. The topological polar surface area (TPSA) is 67.0 Å². The quantitative estimate of drug-likeness (QED) is 0.792. The lowest BCUT2D eigenvalue weighted by Crippen LogP contribution is -2.41. The van der Waals surface area contributed by atoms with E-state index in [1.807, 2.05) is 5.32 Å². The van der Waals surface area contributed by atoms with Crippen molar-refractivity contribution in [1.82, 2.24) is 15.3 Å². The van der Waals surface area contributed by atoms with Crippen LogP contribution in [-0.2, 0) is 4.74 Å². The van der Waals surface area contributed by atoms with Crippen molar-refractivity contribution >= 4 is 28.7 Å². The number of hydrogen-bond donors (Lipinski definition) is 2. The van der Waals surface area contributed by atoms with Crippen molar-refractivity contribution < 1.29 is 22.7 Å². The van der Waals surface area contributed by atoms with Crippen LogP contribution in [0.4, 0.5) is 18.0 Å². The second-order valence-electron chi connectivity index (χ2n) is 5.90. The van der Waals surface area contributed by atoms with Crippen LogP contribution in [0.1, 0.15) is 32.4 Å². The van der Waals surface area contributed by atoms with Crippen LogP contribution in [0.5, 0.6) is 0 Å². The highest BCUT2D eigenvalue weighted by Gasteiger charge is 2.44. The highest BCUT2D eigenvalue weighted by Crippen LogP contribution is 2.36. The third-order valence-corrected chi connectivity index (χ3v) is 3.05. The van der Waals surface area contributed by atoms with Gasteiger partial charge < -0.3 is 15.0 Å². The van der Waals surface area contributed by atoms with Crippen LogP contribution in [0.15, 0.2) is 18.3 Å². The van der Waals surface area contributed by atoms with Gasteiger partial charge in [-0.2, -0.15) is 13.2 Å². The molecule has 2 N–H and O–H groups in total. The number of ether oxygens (including phenoxy) is 1. The average Bonchev–Trinajstić information content (AvgIpc) is 2.75. The van der Waals surface area contributed by atoms with Gasteiger partial charge in [-0.1, -0.05) is 11.6 Å². The molecule has 0 radical (unpaired) electrons. The maximum absolute atomic E-state index is 13.4. The van der Waals surface area contributed by atoms with Crippen LogP contribution in [0.3, 0.4) is 0 Å². The summed E-state index contributed by atoms with van der Waals surface area (Å²) < 4.78 is 45.0. The molecule has 23 heavy (non-hydrogen) atoms. The summed E-state index contributed by atoms with van der Waals surface area (Å²) >= 11 is 5.71. The molecule has 2 aromatic heterocycles. The molecule has 2 heterocycles. The zero-order valence-corrected chi connectivity index (χ0v) is 13.3. The number of carbonyl (C=O) groups excluding carboxylic acids is 1. The number of carbonyl (C=O) groups is 1. The minimum Gasteiger partial charge on any atom is -0.444 e. The van der Waals surface area contributed by atoms with Crippen molar-refractivity contribution in [2.24, 2.45) is 0 Å². The van der Waals surface area contributed by atoms with E-state index < -0.39 is 23.9 Å². The maximum Gasteiger partial charge on any atom is 0.413 e. The first-order chi connectivity index (χ1) is 10.5. The Morgan fingerprint density at radius 1 is 1.35 bits per heavy atom. The molecule has 0 aliphatic heterocycles. The summed E-state index contributed by atoms with van der Waals surface area (Å²) in [5.41, 5.74) is -0.870. The summed E-state index contributed by atoms with van der Waals surface area (Å²) in [7, 11) is 0. The number of aromatic nitrogens is 2. The lowest BCUT2D eigenvalue weighted by molar-refractivity contribution is -0.156. The minimum atomic E-state index is -4.70. The van der Waals surface area contributed by atoms with Crippen LogP contribution in [0, 0.1) is 0 Å². The number of amides is 1. The van der Waals surface area contributed by atoms with Crippen molar-refractivity contribution in [1.29, 1.82) is 0 Å². The first-order valence-electron chi connectivity index (χ1n) is 6.67. The number of aromatic amines is 1. The summed E-state index contributed by atoms with van der Waals surface area (Å²) in [5, 5.41) is 2.22. The van der Waals surface area contributed by atoms with Crippen LogP contribution in [0.2, 0.25) is 5.15 Å². The van der Waals surface area contributed by atoms with E-state index in [1.165, 1.54) is 12.1 Å². The molecular formula is C14H15ClF3N3O2. The molecule has 0 aliphatic rings. The third kappa shape index (κ3) is 4.28. The van der Waals surface area contributed by atoms with Crippen molar-refractivity contribution in [3.8, 4) is 0 Å². The summed E-state index contributed by atoms with van der Waals surface area (Å²) in [6, 6.07) is 0.558. The van der Waals surface area contributed by atoms with Gasteiger partial charge >= 0.3 is 12.3 Å². The Labute approximate surface area is 135 Å². The number of nitrogens with zero attached hydrogens (tertiary/aromatic N) is 1. The van der Waals surface area contributed by atoms with Gasteiger partial charge in [0, 0.05) is 17.1 Å². The number of hydrogen-bond acceptors (Lipinski definition) is 3. The summed E-state index contributed by atoms with van der Waals surface area (Å²) in [4.78, 5) is 18.2. The van der Waals surface area contributed by atoms with E-state index in [9.17, 15) is 18.0 Å². The Morgan fingerprint density at radius 2 is 2.00 bits per heavy atom. The van der Waals surface area contributed by atoms with E-state index >= 15 is 0 Å². The number of nitrogens with one attached hydrogen (secondary N) is 2. The molecule has 1 atom stereocenters. The number of alkyl halides is 3. The molecule has 5 nitrogen and oxygen atoms in total. The molecule has 0 unspecified atom stereocenters. The van der Waals surface area contributed by atoms with Crippen LogP contribution in [0.25, 0.3) is 11.0 Å². The normalized spacial score (nSPS) is 13.9. The number of pyridine rings is 1. The van der Waals surface area contributed by atoms with Crippen LogP contribution < -0.4 is 5.32 Å². The smallest absolute Gasteiger partial charge is 0.413 e. The van der Waals surface area contributed by atoms with E-state index in [4.69, 9.17) is 16.3 Å². The fourth-order valence-electron chi connectivity index (χ4n) is 2.00. The van der Waals surface area contributed by atoms with Crippen molar-refractivity contribution in [3.63, 3.8) is 0 Å². The monoisotopic (exact) mass is 349 g/mol. The SMILES string of the molecule is CC(C)(C)OC(=O)N[C@@H](c1c[nH]c2nc(Cl)ccc12)C(F)(F)F. The molecule has 0 saturated carbocycles. The second kappa shape index (κ2) is 5.92. The average molecular weight is 350 g/mol. The van der Waals surface area contributed by atoms with Crippen LogP contribution in [-0.4, -0.2) is 27.8 Å². The lowest BCUT2D eigenvalue weighted by atomic mass is 10.1. The Kier molecular flexibility index (Phi) is 4.48. The molecule has 1 amide bonds. The molecule has 0 aliphatic carbocycles. The zero-order chi connectivity index (χ0) is 17.4. The van der Waals surface area contributed by atoms with Gasteiger partial charge in [0.25, 0.3) is 0 Å². The predicted molar refractivity (Wildman–Crippen MR) is 79.3 cm³/mol. The molecule has 126 valence electrons. The van der Waals surface area contributed by atoms with Gasteiger partial charge in [0.2, 0.25) is 0 Å². The predicted octanol–water partition coefficient (Wildman–Crippen LogP) is 4.34. The molecule has 9 heteroatoms. The molecule has 0 spiro atoms. The van der Waals surface area contributed by atoms with Gasteiger partial charge in [0.15, 0.2) is 6.04 Å². The Balaban J connectivity index is 2.37. The Morgan fingerprint density at radius 3 is 2.57 bits per heavy atom. The lowest BCUT2D eigenvalue weighted by Gasteiger charge is -2.25. The fourth-order valence-corrected chi connectivity index (χ4v) is 2.15. The molecule has 2 rings (SSSR count). The molecule has 0 saturated heterocycles. The number of H-pyrrole nitrogens is 1. The zero-order valence-electron chi connectivity index (χ0n) is 12.6. The van der Waals surface area contributed by atoms with Crippen LogP contribution >= 0.6 is 11.6 Å².